The number of nitrogens with one attached hydrogen (secondary N) is 4. The van der Waals surface area contributed by atoms with Crippen LogP contribution < -0.4 is 21.5 Å². The Morgan fingerprint density at radius 1 is 1.14 bits per heavy atom. The lowest BCUT2D eigenvalue weighted by Crippen LogP contribution is -2.30. The van der Waals surface area contributed by atoms with Crippen LogP contribution in [0.1, 0.15) is 67.2 Å². The first kappa shape index (κ1) is 30.7. The van der Waals surface area contributed by atoms with Gasteiger partial charge in [-0.25, -0.2) is 9.07 Å². The predicted molar refractivity (Wildman–Crippen MR) is 167 cm³/mol. The summed E-state index contributed by atoms with van der Waals surface area (Å²) >= 11 is 5.95. The molecule has 4 N–H and O–H groups in total. The smallest absolute Gasteiger partial charge is 0.255 e. The molecule has 3 heterocycles. The molecule has 44 heavy (non-hydrogen) atoms. The Labute approximate surface area is 258 Å². The molecule has 5 rings (SSSR count). The number of carbonyl (C=O) groups excluding carboxylic acids is 3. The normalized spacial score (nSPS) is 16.6. The molecule has 0 saturated heterocycles. The van der Waals surface area contributed by atoms with Crippen molar-refractivity contribution in [3.63, 3.8) is 0 Å². The maximum absolute atomic E-state index is 14.7. The van der Waals surface area contributed by atoms with Gasteiger partial charge < -0.3 is 20.9 Å². The van der Waals surface area contributed by atoms with Gasteiger partial charge in [0.15, 0.2) is 5.82 Å². The molecule has 0 fully saturated rings. The minimum Gasteiger partial charge on any atom is -0.345 e. The van der Waals surface area contributed by atoms with E-state index in [0.717, 1.165) is 0 Å². The Morgan fingerprint density at radius 3 is 2.70 bits per heavy atom. The second kappa shape index (κ2) is 12.8. The molecule has 0 radical (unpaired) electrons. The summed E-state index contributed by atoms with van der Waals surface area (Å²) in [5, 5.41) is 12.9. The number of benzene rings is 2. The SMILES string of the molecule is CCC(=O)Nc1ccc2c(c1)NC(=O)[C@H](C)CCC[C@H](NC(=O)c1cnn(-c3cccc(Cl)c3F)c1C)c1cc-2[nH]c(=O)c1. The van der Waals surface area contributed by atoms with E-state index in [1.807, 2.05) is 6.92 Å². The summed E-state index contributed by atoms with van der Waals surface area (Å²) in [4.78, 5) is 54.5. The lowest BCUT2D eigenvalue weighted by atomic mass is 9.94. The van der Waals surface area contributed by atoms with Gasteiger partial charge in [-0.2, -0.15) is 5.10 Å². The summed E-state index contributed by atoms with van der Waals surface area (Å²) in [5.74, 6) is -1.83. The lowest BCUT2D eigenvalue weighted by Gasteiger charge is -2.23. The molecule has 0 spiro atoms. The van der Waals surface area contributed by atoms with E-state index in [1.54, 1.807) is 44.2 Å². The van der Waals surface area contributed by atoms with Gasteiger partial charge >= 0.3 is 0 Å². The van der Waals surface area contributed by atoms with Crippen LogP contribution in [0.15, 0.2) is 59.5 Å². The van der Waals surface area contributed by atoms with Gasteiger partial charge in [0.25, 0.3) is 5.91 Å². The predicted octanol–water partition coefficient (Wildman–Crippen LogP) is 5.91. The van der Waals surface area contributed by atoms with Crippen LogP contribution in [0.2, 0.25) is 5.02 Å². The number of fused-ring (bicyclic) bond motifs is 4. The molecule has 10 nitrogen and oxygen atoms in total. The largest absolute Gasteiger partial charge is 0.345 e. The molecular weight excluding hydrogens is 587 g/mol. The van der Waals surface area contributed by atoms with E-state index in [1.165, 1.54) is 29.1 Å². The Bertz CT molecular complexity index is 1820. The highest BCUT2D eigenvalue weighted by atomic mass is 35.5. The minimum atomic E-state index is -0.652. The van der Waals surface area contributed by atoms with Crippen molar-refractivity contribution in [2.75, 3.05) is 10.6 Å². The fourth-order valence-corrected chi connectivity index (χ4v) is 5.39. The van der Waals surface area contributed by atoms with Crippen LogP contribution in [-0.2, 0) is 9.59 Å². The summed E-state index contributed by atoms with van der Waals surface area (Å²) in [6.45, 7) is 5.22. The average molecular weight is 619 g/mol. The first-order chi connectivity index (χ1) is 21.0. The number of aromatic amines is 1. The van der Waals surface area contributed by atoms with Crippen LogP contribution in [0.4, 0.5) is 15.8 Å². The standard InChI is InChI=1S/C32H32ClFN6O4/c1-4-28(41)36-20-11-12-21-25-13-19(14-29(42)37-25)24(9-5-7-17(2)31(43)39-26(21)15-20)38-32(44)22-16-35-40(18(22)3)27-10-6-8-23(33)30(27)34/h6,8,10-17,24H,4-5,7,9H2,1-3H3,(H,36,41)(H,37,42)(H,38,44)(H,39,43)/t17-,24+/m1/s1. The molecule has 1 aliphatic heterocycles. The van der Waals surface area contributed by atoms with E-state index in [2.05, 4.69) is 26.0 Å². The molecule has 2 atom stereocenters. The molecule has 1 aliphatic rings. The number of rotatable bonds is 5. The zero-order valence-corrected chi connectivity index (χ0v) is 25.2. The third-order valence-corrected chi connectivity index (χ3v) is 8.03. The van der Waals surface area contributed by atoms with E-state index in [4.69, 9.17) is 11.6 Å². The molecule has 2 aromatic heterocycles. The molecule has 0 unspecified atom stereocenters. The fourth-order valence-electron chi connectivity index (χ4n) is 5.23. The Balaban J connectivity index is 1.52. The van der Waals surface area contributed by atoms with Crippen LogP contribution in [0, 0.1) is 18.7 Å². The Hall–Kier alpha value is -4.77. The van der Waals surface area contributed by atoms with Gasteiger partial charge in [-0.05, 0) is 61.7 Å². The summed E-state index contributed by atoms with van der Waals surface area (Å²) < 4.78 is 16.0. The number of carbonyl (C=O) groups is 3. The van der Waals surface area contributed by atoms with Crippen LogP contribution in [0.5, 0.6) is 0 Å². The van der Waals surface area contributed by atoms with Gasteiger partial charge in [-0.1, -0.05) is 37.9 Å². The van der Waals surface area contributed by atoms with Crippen molar-refractivity contribution in [1.29, 1.82) is 0 Å². The Kier molecular flexibility index (Phi) is 8.96. The van der Waals surface area contributed by atoms with Crippen molar-refractivity contribution in [3.05, 3.63) is 92.7 Å². The highest BCUT2D eigenvalue weighted by Crippen LogP contribution is 2.33. The van der Waals surface area contributed by atoms with Crippen LogP contribution in [-0.4, -0.2) is 32.5 Å². The summed E-state index contributed by atoms with van der Waals surface area (Å²) in [6.07, 6.45) is 3.22. The van der Waals surface area contributed by atoms with Crippen molar-refractivity contribution in [3.8, 4) is 16.9 Å². The lowest BCUT2D eigenvalue weighted by molar-refractivity contribution is -0.119. The molecule has 228 valence electrons. The quantitative estimate of drug-likeness (QED) is 0.220. The van der Waals surface area contributed by atoms with Crippen molar-refractivity contribution in [2.45, 2.75) is 52.5 Å². The van der Waals surface area contributed by atoms with Crippen LogP contribution in [0.3, 0.4) is 0 Å². The zero-order chi connectivity index (χ0) is 31.5. The summed E-state index contributed by atoms with van der Waals surface area (Å²) in [7, 11) is 0. The van der Waals surface area contributed by atoms with E-state index < -0.39 is 17.8 Å². The Morgan fingerprint density at radius 2 is 1.93 bits per heavy atom. The van der Waals surface area contributed by atoms with Gasteiger partial charge in [-0.3, -0.25) is 19.2 Å². The van der Waals surface area contributed by atoms with Crippen LogP contribution >= 0.6 is 11.6 Å². The molecule has 0 saturated carbocycles. The maximum Gasteiger partial charge on any atom is 0.255 e. The third kappa shape index (κ3) is 6.42. The molecule has 12 heteroatoms. The van der Waals surface area contributed by atoms with Gasteiger partial charge in [0.2, 0.25) is 17.4 Å². The number of amides is 3. The monoisotopic (exact) mass is 618 g/mol. The van der Waals surface area contributed by atoms with E-state index in [0.29, 0.717) is 59.6 Å². The number of aromatic nitrogens is 3. The zero-order valence-electron chi connectivity index (χ0n) is 24.5. The molecule has 3 amide bonds. The second-order valence-corrected chi connectivity index (χ2v) is 11.2. The topological polar surface area (TPSA) is 138 Å². The molecule has 2 aromatic carbocycles. The fraction of sp³-hybridized carbons (Fsp3) is 0.281. The van der Waals surface area contributed by atoms with Crippen LogP contribution in [0.25, 0.3) is 16.9 Å². The highest BCUT2D eigenvalue weighted by Gasteiger charge is 2.24. The minimum absolute atomic E-state index is 0.0619. The van der Waals surface area contributed by atoms with Crippen molar-refractivity contribution < 1.29 is 18.8 Å². The third-order valence-electron chi connectivity index (χ3n) is 7.74. The van der Waals surface area contributed by atoms with Gasteiger partial charge in [0.05, 0.1) is 39.9 Å². The molecule has 2 bridgehead atoms. The van der Waals surface area contributed by atoms with E-state index in [9.17, 15) is 23.6 Å². The van der Waals surface area contributed by atoms with E-state index >= 15 is 0 Å². The van der Waals surface area contributed by atoms with Crippen molar-refractivity contribution in [1.82, 2.24) is 20.1 Å². The summed E-state index contributed by atoms with van der Waals surface area (Å²) in [5.41, 5.74) is 2.87. The highest BCUT2D eigenvalue weighted by molar-refractivity contribution is 6.30. The van der Waals surface area contributed by atoms with E-state index in [-0.39, 0.29) is 39.6 Å². The number of nitrogens with zero attached hydrogens (tertiary/aromatic N) is 2. The molecular formula is C32H32ClFN6O4. The number of anilines is 2. The number of hydrogen-bond donors (Lipinski definition) is 4. The number of halogens is 2. The van der Waals surface area contributed by atoms with Crippen molar-refractivity contribution in [2.24, 2.45) is 5.92 Å². The average Bonchev–Trinajstić information content (AvgIpc) is 3.38. The summed E-state index contributed by atoms with van der Waals surface area (Å²) in [6, 6.07) is 12.2. The first-order valence-corrected chi connectivity index (χ1v) is 14.7. The van der Waals surface area contributed by atoms with Crippen molar-refractivity contribution >= 4 is 40.7 Å². The van der Waals surface area contributed by atoms with Gasteiger partial charge in [-0.15, -0.1) is 0 Å². The number of pyridine rings is 1. The number of hydrogen-bond acceptors (Lipinski definition) is 5. The maximum atomic E-state index is 14.7. The number of H-pyrrole nitrogens is 1. The molecule has 4 aromatic rings. The second-order valence-electron chi connectivity index (χ2n) is 10.8. The van der Waals surface area contributed by atoms with Gasteiger partial charge in [0, 0.05) is 29.7 Å². The molecule has 0 aliphatic carbocycles. The van der Waals surface area contributed by atoms with Gasteiger partial charge in [0.1, 0.15) is 5.69 Å². The first-order valence-electron chi connectivity index (χ1n) is 14.3.